The lowest BCUT2D eigenvalue weighted by Crippen LogP contribution is -2.35. The Kier molecular flexibility index (Phi) is 5.38. The lowest BCUT2D eigenvalue weighted by molar-refractivity contribution is -0.120. The number of amides is 2. The number of rotatable bonds is 4. The number of halogens is 1. The number of fused-ring (bicyclic) bond motifs is 1. The first-order chi connectivity index (χ1) is 14.0. The summed E-state index contributed by atoms with van der Waals surface area (Å²) in [7, 11) is 1.74. The lowest BCUT2D eigenvalue weighted by Gasteiger charge is -2.26. The van der Waals surface area contributed by atoms with Crippen LogP contribution in [0.3, 0.4) is 0 Å². The predicted molar refractivity (Wildman–Crippen MR) is 118 cm³/mol. The van der Waals surface area contributed by atoms with Crippen LogP contribution in [0.4, 0.5) is 10.8 Å². The lowest BCUT2D eigenvalue weighted by atomic mass is 10.1. The fraction of sp³-hybridized carbons (Fsp3) is 0.190. The molecule has 0 spiro atoms. The smallest absolute Gasteiger partial charge is 0.264 e. The van der Waals surface area contributed by atoms with E-state index in [-0.39, 0.29) is 18.4 Å². The molecule has 2 amide bonds. The molecule has 8 heteroatoms. The van der Waals surface area contributed by atoms with Crippen molar-refractivity contribution in [3.05, 3.63) is 57.4 Å². The van der Waals surface area contributed by atoms with Crippen molar-refractivity contribution >= 4 is 49.9 Å². The van der Waals surface area contributed by atoms with Crippen molar-refractivity contribution in [2.45, 2.75) is 13.3 Å². The molecule has 0 saturated carbocycles. The van der Waals surface area contributed by atoms with Gasteiger partial charge in [0, 0.05) is 27.5 Å². The molecular weight excluding hydrogens is 454 g/mol. The van der Waals surface area contributed by atoms with E-state index in [1.807, 2.05) is 30.3 Å². The Hall–Kier alpha value is -2.71. The van der Waals surface area contributed by atoms with Gasteiger partial charge in [-0.2, -0.15) is 0 Å². The van der Waals surface area contributed by atoms with Crippen molar-refractivity contribution < 1.29 is 14.3 Å². The Morgan fingerprint density at radius 2 is 2.03 bits per heavy atom. The first kappa shape index (κ1) is 19.6. The highest BCUT2D eigenvalue weighted by molar-refractivity contribution is 9.10. The van der Waals surface area contributed by atoms with Gasteiger partial charge in [0.1, 0.15) is 5.75 Å². The molecule has 0 radical (unpaired) electrons. The topological polar surface area (TPSA) is 71.5 Å². The number of aryl methyl sites for hydroxylation is 1. The fourth-order valence-electron chi connectivity index (χ4n) is 3.06. The van der Waals surface area contributed by atoms with Crippen molar-refractivity contribution in [2.24, 2.45) is 0 Å². The van der Waals surface area contributed by atoms with Crippen molar-refractivity contribution in [1.82, 2.24) is 4.98 Å². The Morgan fingerprint density at radius 1 is 1.28 bits per heavy atom. The molecule has 0 unspecified atom stereocenters. The van der Waals surface area contributed by atoms with E-state index in [1.165, 1.54) is 11.3 Å². The van der Waals surface area contributed by atoms with Gasteiger partial charge in [-0.25, -0.2) is 4.98 Å². The molecule has 0 fully saturated rings. The van der Waals surface area contributed by atoms with Gasteiger partial charge in [-0.15, -0.1) is 11.3 Å². The van der Waals surface area contributed by atoms with E-state index in [2.05, 4.69) is 33.2 Å². The molecule has 3 aromatic rings. The van der Waals surface area contributed by atoms with Crippen LogP contribution >= 0.6 is 27.3 Å². The number of ether oxygens (including phenoxy) is 1. The van der Waals surface area contributed by atoms with Crippen LogP contribution in [0.5, 0.6) is 5.75 Å². The molecule has 29 heavy (non-hydrogen) atoms. The Morgan fingerprint density at radius 3 is 2.76 bits per heavy atom. The summed E-state index contributed by atoms with van der Waals surface area (Å²) in [6, 6.07) is 12.8. The molecule has 0 aliphatic carbocycles. The van der Waals surface area contributed by atoms with Crippen LogP contribution in [0.1, 0.15) is 22.2 Å². The minimum Gasteiger partial charge on any atom is -0.482 e. The maximum atomic E-state index is 12.5. The Bertz CT molecular complexity index is 1100. The van der Waals surface area contributed by atoms with Gasteiger partial charge >= 0.3 is 0 Å². The number of thiazole rings is 1. The van der Waals surface area contributed by atoms with Crippen LogP contribution in [-0.4, -0.2) is 30.5 Å². The zero-order valence-corrected chi connectivity index (χ0v) is 18.3. The van der Waals surface area contributed by atoms with Gasteiger partial charge in [0.05, 0.1) is 11.4 Å². The van der Waals surface area contributed by atoms with E-state index in [0.29, 0.717) is 22.1 Å². The summed E-state index contributed by atoms with van der Waals surface area (Å²) in [5.41, 5.74) is 2.97. The number of carbonyl (C=O) groups is 2. The maximum absolute atomic E-state index is 12.5. The number of nitrogens with zero attached hydrogens (tertiary/aromatic N) is 2. The second-order valence-electron chi connectivity index (χ2n) is 6.53. The van der Waals surface area contributed by atoms with Gasteiger partial charge in [-0.3, -0.25) is 14.9 Å². The molecule has 2 aromatic carbocycles. The summed E-state index contributed by atoms with van der Waals surface area (Å²) in [5.74, 6) is 0.378. The zero-order chi connectivity index (χ0) is 20.5. The van der Waals surface area contributed by atoms with Crippen molar-refractivity contribution in [1.29, 1.82) is 0 Å². The molecule has 1 aromatic heterocycles. The Labute approximate surface area is 180 Å². The van der Waals surface area contributed by atoms with Gasteiger partial charge in [-0.05, 0) is 48.9 Å². The van der Waals surface area contributed by atoms with Gasteiger partial charge in [0.15, 0.2) is 11.7 Å². The second-order valence-corrected chi connectivity index (χ2v) is 8.53. The van der Waals surface area contributed by atoms with Gasteiger partial charge in [0.25, 0.3) is 11.8 Å². The molecule has 0 bridgehead atoms. The highest BCUT2D eigenvalue weighted by atomic mass is 79.9. The first-order valence-electron chi connectivity index (χ1n) is 9.06. The summed E-state index contributed by atoms with van der Waals surface area (Å²) >= 11 is 4.82. The molecule has 1 aliphatic heterocycles. The summed E-state index contributed by atoms with van der Waals surface area (Å²) in [5, 5.41) is 3.43. The van der Waals surface area contributed by atoms with Crippen molar-refractivity contribution in [3.63, 3.8) is 0 Å². The van der Waals surface area contributed by atoms with E-state index >= 15 is 0 Å². The molecule has 0 atom stereocenters. The third kappa shape index (κ3) is 3.90. The molecule has 1 aliphatic rings. The predicted octanol–water partition coefficient (Wildman–Crippen LogP) is 4.74. The number of carbonyl (C=O) groups excluding carboxylic acids is 2. The van der Waals surface area contributed by atoms with Crippen LogP contribution < -0.4 is 15.0 Å². The quantitative estimate of drug-likeness (QED) is 0.596. The Balaban J connectivity index is 1.64. The SMILES string of the molecule is CCc1sc(NC(=O)c2ccc(Br)cc2)nc1-c1ccc2c(c1)N(C)C(=O)CO2. The van der Waals surface area contributed by atoms with E-state index in [9.17, 15) is 9.59 Å². The molecule has 1 N–H and O–H groups in total. The van der Waals surface area contributed by atoms with Crippen molar-refractivity contribution in [3.8, 4) is 17.0 Å². The first-order valence-corrected chi connectivity index (χ1v) is 10.7. The zero-order valence-electron chi connectivity index (χ0n) is 15.9. The third-order valence-corrected chi connectivity index (χ3v) is 6.31. The second kappa shape index (κ2) is 7.96. The summed E-state index contributed by atoms with van der Waals surface area (Å²) in [4.78, 5) is 31.8. The summed E-state index contributed by atoms with van der Waals surface area (Å²) < 4.78 is 6.41. The number of hydrogen-bond acceptors (Lipinski definition) is 5. The largest absolute Gasteiger partial charge is 0.482 e. The minimum atomic E-state index is -0.204. The molecule has 0 saturated heterocycles. The standard InChI is InChI=1S/C21H18BrN3O3S/c1-3-17-19(13-6-9-16-15(10-13)25(2)18(26)11-28-16)23-21(29-17)24-20(27)12-4-7-14(22)8-5-12/h4-10H,3,11H2,1-2H3,(H,23,24,27). The number of likely N-dealkylation sites (N-methyl/N-ethyl adjacent to an activating group) is 1. The van der Waals surface area contributed by atoms with Crippen LogP contribution in [-0.2, 0) is 11.2 Å². The van der Waals surface area contributed by atoms with Gasteiger partial charge < -0.3 is 9.64 Å². The summed E-state index contributed by atoms with van der Waals surface area (Å²) in [6.45, 7) is 2.10. The summed E-state index contributed by atoms with van der Waals surface area (Å²) in [6.07, 6.45) is 0.781. The minimum absolute atomic E-state index is 0.0476. The number of anilines is 2. The monoisotopic (exact) mass is 471 g/mol. The van der Waals surface area contributed by atoms with Crippen LogP contribution in [0.2, 0.25) is 0 Å². The van der Waals surface area contributed by atoms with E-state index in [0.717, 1.165) is 27.0 Å². The van der Waals surface area contributed by atoms with Crippen molar-refractivity contribution in [2.75, 3.05) is 23.9 Å². The van der Waals surface area contributed by atoms with Crippen LogP contribution in [0.25, 0.3) is 11.3 Å². The van der Waals surface area contributed by atoms with Gasteiger partial charge in [-0.1, -0.05) is 22.9 Å². The van der Waals surface area contributed by atoms with E-state index in [1.54, 1.807) is 24.1 Å². The van der Waals surface area contributed by atoms with Crippen LogP contribution in [0.15, 0.2) is 46.9 Å². The molecule has 4 rings (SSSR count). The molecule has 148 valence electrons. The third-order valence-electron chi connectivity index (χ3n) is 4.66. The maximum Gasteiger partial charge on any atom is 0.264 e. The van der Waals surface area contributed by atoms with E-state index < -0.39 is 0 Å². The molecular formula is C21H18BrN3O3S. The number of nitrogens with one attached hydrogen (secondary N) is 1. The number of hydrogen-bond donors (Lipinski definition) is 1. The average Bonchev–Trinajstić information content (AvgIpc) is 3.14. The van der Waals surface area contributed by atoms with E-state index in [4.69, 9.17) is 4.74 Å². The van der Waals surface area contributed by atoms with Gasteiger partial charge in [0.2, 0.25) is 0 Å². The molecule has 2 heterocycles. The average molecular weight is 472 g/mol. The molecule has 6 nitrogen and oxygen atoms in total. The number of benzene rings is 2. The van der Waals surface area contributed by atoms with Crippen LogP contribution in [0, 0.1) is 0 Å². The fourth-order valence-corrected chi connectivity index (χ4v) is 4.24. The highest BCUT2D eigenvalue weighted by Crippen LogP contribution is 2.38. The highest BCUT2D eigenvalue weighted by Gasteiger charge is 2.24. The number of aromatic nitrogens is 1. The normalized spacial score (nSPS) is 13.1.